The summed E-state index contributed by atoms with van der Waals surface area (Å²) in [5, 5.41) is 18.6. The van der Waals surface area contributed by atoms with Gasteiger partial charge in [-0.1, -0.05) is 12.1 Å². The Bertz CT molecular complexity index is 461. The molecule has 0 unspecified atom stereocenters. The Labute approximate surface area is 89.8 Å². The Morgan fingerprint density at radius 1 is 1.47 bits per heavy atom. The molecule has 0 saturated heterocycles. The van der Waals surface area contributed by atoms with Gasteiger partial charge in [-0.15, -0.1) is 11.3 Å². The zero-order valence-corrected chi connectivity index (χ0v) is 8.57. The van der Waals surface area contributed by atoms with Gasteiger partial charge >= 0.3 is 5.97 Å². The third-order valence-electron chi connectivity index (χ3n) is 1.96. The number of nitrogens with zero attached hydrogens (tertiary/aromatic N) is 1. The summed E-state index contributed by atoms with van der Waals surface area (Å²) in [6.07, 6.45) is -1.32. The molecule has 0 spiro atoms. The van der Waals surface area contributed by atoms with E-state index in [1.807, 2.05) is 24.3 Å². The van der Waals surface area contributed by atoms with Crippen molar-refractivity contribution in [2.45, 2.75) is 12.5 Å². The molecule has 1 atom stereocenters. The van der Waals surface area contributed by atoms with Crippen LogP contribution in [0.25, 0.3) is 10.2 Å². The predicted molar refractivity (Wildman–Crippen MR) is 56.8 cm³/mol. The van der Waals surface area contributed by atoms with Gasteiger partial charge in [0.25, 0.3) is 0 Å². The van der Waals surface area contributed by atoms with Gasteiger partial charge in [0.05, 0.1) is 16.6 Å². The van der Waals surface area contributed by atoms with Gasteiger partial charge < -0.3 is 10.2 Å². The number of rotatable bonds is 3. The van der Waals surface area contributed by atoms with Crippen LogP contribution in [0.4, 0.5) is 0 Å². The van der Waals surface area contributed by atoms with Gasteiger partial charge in [0.15, 0.2) is 0 Å². The van der Waals surface area contributed by atoms with Crippen LogP contribution >= 0.6 is 11.3 Å². The highest BCUT2D eigenvalue weighted by Crippen LogP contribution is 2.27. The van der Waals surface area contributed by atoms with E-state index >= 15 is 0 Å². The number of carboxylic acid groups (broad SMARTS) is 1. The molecule has 0 bridgehead atoms. The molecule has 0 aliphatic rings. The molecule has 0 fully saturated rings. The molecule has 1 aromatic heterocycles. The SMILES string of the molecule is O=C(O)C[C@H](O)c1nc2ccccc2s1. The van der Waals surface area contributed by atoms with Crippen LogP contribution in [0.5, 0.6) is 0 Å². The third kappa shape index (κ3) is 2.14. The van der Waals surface area contributed by atoms with Crippen molar-refractivity contribution in [3.8, 4) is 0 Å². The maximum atomic E-state index is 10.4. The molecule has 78 valence electrons. The average Bonchev–Trinajstić information content (AvgIpc) is 2.59. The number of fused-ring (bicyclic) bond motifs is 1. The molecule has 2 N–H and O–H groups in total. The van der Waals surface area contributed by atoms with Gasteiger partial charge in [-0.05, 0) is 12.1 Å². The van der Waals surface area contributed by atoms with E-state index in [1.165, 1.54) is 11.3 Å². The van der Waals surface area contributed by atoms with Gasteiger partial charge in [0.2, 0.25) is 0 Å². The normalized spacial score (nSPS) is 12.9. The van der Waals surface area contributed by atoms with Crippen LogP contribution in [0.15, 0.2) is 24.3 Å². The van der Waals surface area contributed by atoms with Gasteiger partial charge in [-0.3, -0.25) is 4.79 Å². The summed E-state index contributed by atoms with van der Waals surface area (Å²) >= 11 is 1.32. The van der Waals surface area contributed by atoms with E-state index in [9.17, 15) is 9.90 Å². The van der Waals surface area contributed by atoms with Crippen LogP contribution in [0.3, 0.4) is 0 Å². The van der Waals surface area contributed by atoms with Crippen molar-refractivity contribution in [2.75, 3.05) is 0 Å². The minimum atomic E-state index is -1.03. The smallest absolute Gasteiger partial charge is 0.306 e. The summed E-state index contributed by atoms with van der Waals surface area (Å²) < 4.78 is 0.955. The lowest BCUT2D eigenvalue weighted by atomic mass is 10.3. The van der Waals surface area contributed by atoms with Crippen molar-refractivity contribution in [1.29, 1.82) is 0 Å². The number of hydrogen-bond acceptors (Lipinski definition) is 4. The molecule has 0 aliphatic heterocycles. The highest BCUT2D eigenvalue weighted by molar-refractivity contribution is 7.18. The van der Waals surface area contributed by atoms with Gasteiger partial charge in [-0.25, -0.2) is 4.98 Å². The Morgan fingerprint density at radius 3 is 2.87 bits per heavy atom. The molecule has 2 aromatic rings. The predicted octanol–water partition coefficient (Wildman–Crippen LogP) is 1.80. The van der Waals surface area contributed by atoms with Crippen molar-refractivity contribution in [2.24, 2.45) is 0 Å². The molecule has 5 heteroatoms. The fourth-order valence-electron chi connectivity index (χ4n) is 1.29. The van der Waals surface area contributed by atoms with Crippen molar-refractivity contribution < 1.29 is 15.0 Å². The minimum Gasteiger partial charge on any atom is -0.481 e. The molecule has 0 saturated carbocycles. The second-order valence-electron chi connectivity index (χ2n) is 3.13. The fourth-order valence-corrected chi connectivity index (χ4v) is 2.24. The Kier molecular flexibility index (Phi) is 2.66. The third-order valence-corrected chi connectivity index (χ3v) is 3.10. The summed E-state index contributed by atoms with van der Waals surface area (Å²) in [5.41, 5.74) is 0.793. The van der Waals surface area contributed by atoms with Gasteiger partial charge in [0, 0.05) is 0 Å². The fraction of sp³-hybridized carbons (Fsp3) is 0.200. The number of aromatic nitrogens is 1. The first-order valence-electron chi connectivity index (χ1n) is 4.42. The number of aliphatic hydroxyl groups is 1. The lowest BCUT2D eigenvalue weighted by molar-refractivity contribution is -0.139. The molecular formula is C10H9NO3S. The lowest BCUT2D eigenvalue weighted by Gasteiger charge is -2.01. The number of hydrogen-bond donors (Lipinski definition) is 2. The van der Waals surface area contributed by atoms with E-state index in [1.54, 1.807) is 0 Å². The number of para-hydroxylation sites is 1. The molecule has 4 nitrogen and oxygen atoms in total. The summed E-state index contributed by atoms with van der Waals surface area (Å²) in [6.45, 7) is 0. The molecule has 1 aromatic carbocycles. The summed E-state index contributed by atoms with van der Waals surface area (Å²) in [4.78, 5) is 14.6. The molecule has 1 heterocycles. The van der Waals surface area contributed by atoms with Crippen LogP contribution in [0, 0.1) is 0 Å². The van der Waals surface area contributed by atoms with E-state index < -0.39 is 12.1 Å². The standard InChI is InChI=1S/C10H9NO3S/c12-7(5-9(13)14)10-11-6-3-1-2-4-8(6)15-10/h1-4,7,12H,5H2,(H,13,14)/t7-/m0/s1. The highest BCUT2D eigenvalue weighted by Gasteiger charge is 2.16. The first-order chi connectivity index (χ1) is 7.16. The Hall–Kier alpha value is -1.46. The van der Waals surface area contributed by atoms with E-state index in [2.05, 4.69) is 4.98 Å². The van der Waals surface area contributed by atoms with E-state index in [4.69, 9.17) is 5.11 Å². The first kappa shape index (κ1) is 10.1. The van der Waals surface area contributed by atoms with E-state index in [0.717, 1.165) is 10.2 Å². The van der Waals surface area contributed by atoms with Crippen LogP contribution in [0.1, 0.15) is 17.5 Å². The maximum Gasteiger partial charge on any atom is 0.306 e. The molecule has 2 rings (SSSR count). The van der Waals surface area contributed by atoms with Crippen LogP contribution in [-0.2, 0) is 4.79 Å². The van der Waals surface area contributed by atoms with E-state index in [-0.39, 0.29) is 6.42 Å². The monoisotopic (exact) mass is 223 g/mol. The zero-order chi connectivity index (χ0) is 10.8. The Balaban J connectivity index is 2.32. The number of carboxylic acids is 1. The molecule has 15 heavy (non-hydrogen) atoms. The topological polar surface area (TPSA) is 70.4 Å². The van der Waals surface area contributed by atoms with Crippen molar-refractivity contribution >= 4 is 27.5 Å². The second-order valence-corrected chi connectivity index (χ2v) is 4.20. The number of benzene rings is 1. The number of aliphatic carboxylic acids is 1. The summed E-state index contributed by atoms with van der Waals surface area (Å²) in [7, 11) is 0. The van der Waals surface area contributed by atoms with Crippen LogP contribution < -0.4 is 0 Å². The van der Waals surface area contributed by atoms with E-state index in [0.29, 0.717) is 5.01 Å². The van der Waals surface area contributed by atoms with Crippen molar-refractivity contribution in [3.05, 3.63) is 29.3 Å². The average molecular weight is 223 g/mol. The number of thiazole rings is 1. The number of carbonyl (C=O) groups is 1. The zero-order valence-electron chi connectivity index (χ0n) is 7.75. The highest BCUT2D eigenvalue weighted by atomic mass is 32.1. The largest absolute Gasteiger partial charge is 0.481 e. The first-order valence-corrected chi connectivity index (χ1v) is 5.24. The van der Waals surface area contributed by atoms with Gasteiger partial charge in [-0.2, -0.15) is 0 Å². The van der Waals surface area contributed by atoms with Crippen LogP contribution in [0.2, 0.25) is 0 Å². The minimum absolute atomic E-state index is 0.306. The molecular weight excluding hydrogens is 214 g/mol. The maximum absolute atomic E-state index is 10.4. The molecule has 0 radical (unpaired) electrons. The second kappa shape index (κ2) is 3.96. The Morgan fingerprint density at radius 2 is 2.20 bits per heavy atom. The number of aliphatic hydroxyl groups excluding tert-OH is 1. The quantitative estimate of drug-likeness (QED) is 0.832. The molecule has 0 aliphatic carbocycles. The van der Waals surface area contributed by atoms with Crippen molar-refractivity contribution in [3.63, 3.8) is 0 Å². The van der Waals surface area contributed by atoms with Gasteiger partial charge in [0.1, 0.15) is 11.1 Å². The van der Waals surface area contributed by atoms with Crippen LogP contribution in [-0.4, -0.2) is 21.2 Å². The summed E-state index contributed by atoms with van der Waals surface area (Å²) in [6, 6.07) is 7.47. The molecule has 0 amide bonds. The van der Waals surface area contributed by atoms with Crippen molar-refractivity contribution in [1.82, 2.24) is 4.98 Å². The lowest BCUT2D eigenvalue weighted by Crippen LogP contribution is -2.04. The summed E-state index contributed by atoms with van der Waals surface area (Å²) in [5.74, 6) is -1.03.